The Morgan fingerprint density at radius 3 is 1.15 bits per heavy atom. The fourth-order valence-electron chi connectivity index (χ4n) is 2.83. The summed E-state index contributed by atoms with van der Waals surface area (Å²) in [5.41, 5.74) is 2.38. The van der Waals surface area contributed by atoms with Crippen LogP contribution in [-0.2, 0) is 51.1 Å². The van der Waals surface area contributed by atoms with Gasteiger partial charge in [0.1, 0.15) is 0 Å². The number of methoxy groups -OCH3 is 2. The fourth-order valence-corrected chi connectivity index (χ4v) is 4.88. The van der Waals surface area contributed by atoms with E-state index in [9.17, 15) is 0 Å². The number of thiophene rings is 2. The van der Waals surface area contributed by atoms with Crippen LogP contribution in [0.4, 0.5) is 0 Å². The molecule has 0 saturated heterocycles. The van der Waals surface area contributed by atoms with Crippen molar-refractivity contribution in [2.24, 2.45) is 0 Å². The second-order valence-electron chi connectivity index (χ2n) is 7.09. The molecule has 194 valence electrons. The third-order valence-electron chi connectivity index (χ3n) is 4.57. The van der Waals surface area contributed by atoms with Crippen LogP contribution < -0.4 is 0 Å². The number of hydrogen-bond acceptors (Lipinski definition) is 10. The van der Waals surface area contributed by atoms with Crippen molar-refractivity contribution in [2.45, 2.75) is 13.2 Å². The van der Waals surface area contributed by atoms with Gasteiger partial charge in [-0.3, -0.25) is 0 Å². The van der Waals surface area contributed by atoms with Crippen molar-refractivity contribution in [3.8, 4) is 9.75 Å². The summed E-state index contributed by atoms with van der Waals surface area (Å²) >= 11 is 3.46. The summed E-state index contributed by atoms with van der Waals surface area (Å²) in [7, 11) is 3.32. The molecule has 0 unspecified atom stereocenters. The molecule has 0 N–H and O–H groups in total. The van der Waals surface area contributed by atoms with E-state index in [-0.39, 0.29) is 0 Å². The molecule has 0 aliphatic heterocycles. The SMILES string of the molecule is COCCOCCOCCOCc1ccsc1-c1sccc1COCCOCCOCCOC. The van der Waals surface area contributed by atoms with Gasteiger partial charge in [-0.1, -0.05) is 0 Å². The first-order chi connectivity index (χ1) is 16.9. The highest BCUT2D eigenvalue weighted by Crippen LogP contribution is 2.37. The van der Waals surface area contributed by atoms with E-state index in [4.69, 9.17) is 37.9 Å². The maximum absolute atomic E-state index is 5.83. The summed E-state index contributed by atoms with van der Waals surface area (Å²) in [5.74, 6) is 0. The average Bonchev–Trinajstić information content (AvgIpc) is 3.50. The van der Waals surface area contributed by atoms with Gasteiger partial charge in [0.25, 0.3) is 0 Å². The monoisotopic (exact) mass is 518 g/mol. The lowest BCUT2D eigenvalue weighted by molar-refractivity contribution is 0.000809. The molecule has 0 aliphatic carbocycles. The van der Waals surface area contributed by atoms with E-state index in [1.165, 1.54) is 20.9 Å². The number of rotatable bonds is 23. The van der Waals surface area contributed by atoms with Crippen molar-refractivity contribution in [3.63, 3.8) is 0 Å². The molecule has 0 spiro atoms. The molecular formula is C24H38O8S2. The Kier molecular flexibility index (Phi) is 17.5. The zero-order valence-electron chi connectivity index (χ0n) is 20.3. The van der Waals surface area contributed by atoms with Crippen LogP contribution in [0.1, 0.15) is 11.1 Å². The highest BCUT2D eigenvalue weighted by molar-refractivity contribution is 7.20. The Hall–Kier alpha value is -0.920. The first-order valence-electron chi connectivity index (χ1n) is 11.4. The highest BCUT2D eigenvalue weighted by Gasteiger charge is 2.13. The molecule has 34 heavy (non-hydrogen) atoms. The molecule has 2 aromatic rings. The number of hydrogen-bond donors (Lipinski definition) is 0. The van der Waals surface area contributed by atoms with Gasteiger partial charge in [-0.05, 0) is 34.0 Å². The molecule has 0 saturated carbocycles. The van der Waals surface area contributed by atoms with Crippen molar-refractivity contribution in [2.75, 3.05) is 93.5 Å². The normalized spacial score (nSPS) is 11.5. The highest BCUT2D eigenvalue weighted by atomic mass is 32.1. The molecule has 0 aromatic carbocycles. The fraction of sp³-hybridized carbons (Fsp3) is 0.667. The molecule has 0 bridgehead atoms. The Balaban J connectivity index is 1.59. The van der Waals surface area contributed by atoms with Crippen LogP contribution >= 0.6 is 22.7 Å². The molecule has 10 heteroatoms. The number of ether oxygens (including phenoxy) is 8. The Labute approximate surface area is 211 Å². The predicted molar refractivity (Wildman–Crippen MR) is 134 cm³/mol. The summed E-state index contributed by atoms with van der Waals surface area (Å²) in [5, 5.41) is 4.21. The molecule has 0 radical (unpaired) electrons. The molecule has 2 aromatic heterocycles. The summed E-state index contributed by atoms with van der Waals surface area (Å²) in [4.78, 5) is 2.48. The molecule has 8 nitrogen and oxygen atoms in total. The topological polar surface area (TPSA) is 73.8 Å². The van der Waals surface area contributed by atoms with Gasteiger partial charge in [0, 0.05) is 14.2 Å². The van der Waals surface area contributed by atoms with Crippen molar-refractivity contribution in [1.29, 1.82) is 0 Å². The van der Waals surface area contributed by atoms with E-state index in [1.54, 1.807) is 36.9 Å². The first-order valence-corrected chi connectivity index (χ1v) is 13.2. The zero-order chi connectivity index (χ0) is 24.1. The summed E-state index contributed by atoms with van der Waals surface area (Å²) in [6.45, 7) is 7.94. The van der Waals surface area contributed by atoms with Gasteiger partial charge in [-0.25, -0.2) is 0 Å². The van der Waals surface area contributed by atoms with Crippen molar-refractivity contribution >= 4 is 22.7 Å². The van der Waals surface area contributed by atoms with E-state index in [0.29, 0.717) is 92.5 Å². The van der Waals surface area contributed by atoms with Gasteiger partial charge in [-0.2, -0.15) is 0 Å². The average molecular weight is 519 g/mol. The lowest BCUT2D eigenvalue weighted by atomic mass is 10.2. The summed E-state index contributed by atoms with van der Waals surface area (Å²) in [6, 6.07) is 4.24. The second kappa shape index (κ2) is 20.3. The zero-order valence-corrected chi connectivity index (χ0v) is 21.9. The van der Waals surface area contributed by atoms with Crippen LogP contribution in [0.25, 0.3) is 9.75 Å². The maximum atomic E-state index is 5.83. The van der Waals surface area contributed by atoms with Crippen molar-refractivity contribution in [3.05, 3.63) is 34.0 Å². The van der Waals surface area contributed by atoms with Crippen LogP contribution in [0.15, 0.2) is 22.9 Å². The van der Waals surface area contributed by atoms with Crippen molar-refractivity contribution < 1.29 is 37.9 Å². The van der Waals surface area contributed by atoms with Crippen LogP contribution in [0.2, 0.25) is 0 Å². The van der Waals surface area contributed by atoms with Gasteiger partial charge in [-0.15, -0.1) is 22.7 Å². The van der Waals surface area contributed by atoms with Gasteiger partial charge < -0.3 is 37.9 Å². The van der Waals surface area contributed by atoms with E-state index in [1.807, 2.05) is 0 Å². The van der Waals surface area contributed by atoms with E-state index in [2.05, 4.69) is 22.9 Å². The standard InChI is InChI=1S/C24H38O8S2/c1-25-5-7-27-9-11-29-13-15-31-19-21-3-17-33-23(21)24-22(4-18-34-24)20-32-16-14-30-12-10-28-8-6-26-2/h3-4,17-18H,5-16,19-20H2,1-2H3. The van der Waals surface area contributed by atoms with Crippen LogP contribution in [0.3, 0.4) is 0 Å². The molecule has 0 fully saturated rings. The van der Waals surface area contributed by atoms with E-state index < -0.39 is 0 Å². The molecule has 0 atom stereocenters. The quantitative estimate of drug-likeness (QED) is 0.205. The van der Waals surface area contributed by atoms with Gasteiger partial charge in [0.2, 0.25) is 0 Å². The van der Waals surface area contributed by atoms with Gasteiger partial charge in [0.05, 0.1) is 102 Å². The summed E-state index contributed by atoms with van der Waals surface area (Å²) < 4.78 is 43.3. The minimum Gasteiger partial charge on any atom is -0.382 e. The molecule has 2 rings (SSSR count). The maximum Gasteiger partial charge on any atom is 0.0732 e. The molecular weight excluding hydrogens is 480 g/mol. The third-order valence-corrected chi connectivity index (χ3v) is 6.64. The third kappa shape index (κ3) is 12.7. The lowest BCUT2D eigenvalue weighted by Crippen LogP contribution is -2.11. The second-order valence-corrected chi connectivity index (χ2v) is 8.92. The summed E-state index contributed by atoms with van der Waals surface area (Å²) in [6.07, 6.45) is 0. The first kappa shape index (κ1) is 29.3. The van der Waals surface area contributed by atoms with E-state index >= 15 is 0 Å². The van der Waals surface area contributed by atoms with Gasteiger partial charge >= 0.3 is 0 Å². The van der Waals surface area contributed by atoms with Crippen LogP contribution in [-0.4, -0.2) is 93.5 Å². The Morgan fingerprint density at radius 2 is 0.794 bits per heavy atom. The minimum atomic E-state index is 0.547. The van der Waals surface area contributed by atoms with Gasteiger partial charge in [0.15, 0.2) is 0 Å². The minimum absolute atomic E-state index is 0.547. The molecule has 0 amide bonds. The van der Waals surface area contributed by atoms with E-state index in [0.717, 1.165) is 0 Å². The lowest BCUT2D eigenvalue weighted by Gasteiger charge is -2.09. The Morgan fingerprint density at radius 1 is 0.471 bits per heavy atom. The van der Waals surface area contributed by atoms with Crippen LogP contribution in [0, 0.1) is 0 Å². The predicted octanol–water partition coefficient (Wildman–Crippen LogP) is 3.87. The van der Waals surface area contributed by atoms with Crippen LogP contribution in [0.5, 0.6) is 0 Å². The smallest absolute Gasteiger partial charge is 0.0732 e. The van der Waals surface area contributed by atoms with Crippen molar-refractivity contribution in [1.82, 2.24) is 0 Å². The largest absolute Gasteiger partial charge is 0.382 e. The molecule has 0 aliphatic rings. The molecule has 2 heterocycles. The Bertz CT molecular complexity index is 661.